The van der Waals surface area contributed by atoms with Crippen LogP contribution in [0.15, 0.2) is 22.2 Å². The van der Waals surface area contributed by atoms with E-state index in [2.05, 4.69) is 22.5 Å². The summed E-state index contributed by atoms with van der Waals surface area (Å²) in [6, 6.07) is 3.03. The van der Waals surface area contributed by atoms with Crippen molar-refractivity contribution in [1.29, 1.82) is 0 Å². The molecule has 1 N–H and O–H groups in total. The summed E-state index contributed by atoms with van der Waals surface area (Å²) >= 11 is 0. The summed E-state index contributed by atoms with van der Waals surface area (Å²) < 4.78 is 41.8. The maximum atomic E-state index is 14.2. The Balaban J connectivity index is 1.54. The lowest BCUT2D eigenvalue weighted by atomic mass is 9.81. The minimum atomic E-state index is -3.61. The van der Waals surface area contributed by atoms with Crippen molar-refractivity contribution >= 4 is 26.6 Å². The Kier molecular flexibility index (Phi) is 5.72. The van der Waals surface area contributed by atoms with E-state index >= 15 is 0 Å². The van der Waals surface area contributed by atoms with Crippen LogP contribution in [0.4, 0.5) is 10.1 Å². The maximum absolute atomic E-state index is 14.2. The zero-order chi connectivity index (χ0) is 22.6. The third-order valence-corrected chi connectivity index (χ3v) is 8.31. The normalized spacial score (nSPS) is 23.1. The summed E-state index contributed by atoms with van der Waals surface area (Å²) in [5, 5.41) is 4.21. The molecule has 3 aliphatic rings. The largest absolute Gasteiger partial charge is 0.306 e. The summed E-state index contributed by atoms with van der Waals surface area (Å²) in [5.41, 5.74) is 5.23. The zero-order valence-electron chi connectivity index (χ0n) is 18.9. The number of hydrogen-bond acceptors (Lipinski definition) is 5. The van der Waals surface area contributed by atoms with Gasteiger partial charge in [0.05, 0.1) is 12.1 Å². The van der Waals surface area contributed by atoms with Gasteiger partial charge in [-0.15, -0.1) is 0 Å². The molecular weight excluding hydrogens is 417 g/mol. The average Bonchev–Trinajstić information content (AvgIpc) is 3.28. The van der Waals surface area contributed by atoms with Crippen molar-refractivity contribution in [3.8, 4) is 0 Å². The highest BCUT2D eigenvalue weighted by atomic mass is 32.2. The highest BCUT2D eigenvalue weighted by Gasteiger charge is 2.52. The SMILES string of the molecule is CC(C)c1cc(F)cc(C(C)C)c1N=C1CC(S(=O)(=O)N2CC3(CCN(C)C3)C2)=NN1. The van der Waals surface area contributed by atoms with E-state index in [1.165, 1.54) is 16.4 Å². The molecule has 1 aromatic rings. The number of nitrogens with one attached hydrogen (secondary N) is 1. The van der Waals surface area contributed by atoms with Crippen molar-refractivity contribution < 1.29 is 12.8 Å². The third kappa shape index (κ3) is 4.15. The fourth-order valence-corrected chi connectivity index (χ4v) is 6.45. The third-order valence-electron chi connectivity index (χ3n) is 6.54. The number of hydrogen-bond donors (Lipinski definition) is 1. The molecule has 3 heterocycles. The molecule has 7 nitrogen and oxygen atoms in total. The molecule has 2 saturated heterocycles. The summed E-state index contributed by atoms with van der Waals surface area (Å²) in [4.78, 5) is 6.98. The molecule has 2 fully saturated rings. The van der Waals surface area contributed by atoms with Crippen LogP contribution in [0.2, 0.25) is 0 Å². The molecular formula is C22H32FN5O2S. The number of benzene rings is 1. The molecule has 1 spiro atoms. The van der Waals surface area contributed by atoms with Gasteiger partial charge in [0.25, 0.3) is 10.0 Å². The maximum Gasteiger partial charge on any atom is 0.258 e. The highest BCUT2D eigenvalue weighted by molar-refractivity contribution is 8.04. The van der Waals surface area contributed by atoms with Gasteiger partial charge in [0, 0.05) is 25.0 Å². The Labute approximate surface area is 184 Å². The molecule has 0 aromatic heterocycles. The van der Waals surface area contributed by atoms with E-state index in [1.54, 1.807) is 0 Å². The predicted octanol–water partition coefficient (Wildman–Crippen LogP) is 3.38. The van der Waals surface area contributed by atoms with Gasteiger partial charge in [-0.1, -0.05) is 27.7 Å². The van der Waals surface area contributed by atoms with E-state index in [1.807, 2.05) is 27.7 Å². The Hall–Kier alpha value is -1.84. The molecule has 0 aliphatic carbocycles. The van der Waals surface area contributed by atoms with Crippen molar-refractivity contribution in [1.82, 2.24) is 14.6 Å². The molecule has 0 radical (unpaired) electrons. The number of hydrazone groups is 1. The van der Waals surface area contributed by atoms with Gasteiger partial charge in [-0.05, 0) is 55.1 Å². The second-order valence-electron chi connectivity index (χ2n) is 9.86. The van der Waals surface area contributed by atoms with Crippen LogP contribution in [0.3, 0.4) is 0 Å². The molecule has 31 heavy (non-hydrogen) atoms. The fraction of sp³-hybridized carbons (Fsp3) is 0.636. The minimum absolute atomic E-state index is 0.0832. The van der Waals surface area contributed by atoms with Crippen LogP contribution < -0.4 is 5.43 Å². The van der Waals surface area contributed by atoms with Crippen LogP contribution >= 0.6 is 0 Å². The number of likely N-dealkylation sites (tertiary alicyclic amines) is 1. The van der Waals surface area contributed by atoms with Gasteiger partial charge >= 0.3 is 0 Å². The van der Waals surface area contributed by atoms with Crippen LogP contribution in [-0.2, 0) is 10.0 Å². The Bertz CT molecular complexity index is 1010. The number of nitrogens with zero attached hydrogens (tertiary/aromatic N) is 4. The first kappa shape index (κ1) is 22.4. The van der Waals surface area contributed by atoms with Crippen LogP contribution in [0.5, 0.6) is 0 Å². The van der Waals surface area contributed by atoms with Crippen molar-refractivity contribution in [2.24, 2.45) is 15.5 Å². The first-order valence-electron chi connectivity index (χ1n) is 10.9. The lowest BCUT2D eigenvalue weighted by molar-refractivity contribution is 0.0830. The predicted molar refractivity (Wildman–Crippen MR) is 122 cm³/mol. The molecule has 170 valence electrons. The molecule has 1 aromatic carbocycles. The summed E-state index contributed by atoms with van der Waals surface area (Å²) in [5.74, 6) is 0.365. The second-order valence-corrected chi connectivity index (χ2v) is 11.8. The smallest absolute Gasteiger partial charge is 0.258 e. The van der Waals surface area contributed by atoms with E-state index < -0.39 is 10.0 Å². The van der Waals surface area contributed by atoms with Crippen molar-refractivity contribution in [3.63, 3.8) is 0 Å². The van der Waals surface area contributed by atoms with Crippen LogP contribution in [0.1, 0.15) is 63.5 Å². The fourth-order valence-electron chi connectivity index (χ4n) is 4.79. The van der Waals surface area contributed by atoms with Gasteiger partial charge in [0.15, 0.2) is 5.04 Å². The van der Waals surface area contributed by atoms with Crippen molar-refractivity contribution in [3.05, 3.63) is 29.1 Å². The highest BCUT2D eigenvalue weighted by Crippen LogP contribution is 2.41. The number of sulfonamides is 1. The average molecular weight is 450 g/mol. The van der Waals surface area contributed by atoms with Gasteiger partial charge in [0.2, 0.25) is 0 Å². The first-order chi connectivity index (χ1) is 14.5. The van der Waals surface area contributed by atoms with Crippen molar-refractivity contribution in [2.45, 2.75) is 52.4 Å². The number of amidine groups is 1. The number of rotatable bonds is 4. The number of aliphatic imine (C=N–C) groups is 1. The lowest BCUT2D eigenvalue weighted by Gasteiger charge is -2.46. The molecule has 9 heteroatoms. The molecule has 3 aliphatic heterocycles. The summed E-state index contributed by atoms with van der Waals surface area (Å²) in [6.07, 6.45) is 1.16. The standard InChI is InChI=1S/C22H32FN5O2S/c1-14(2)17-8-16(23)9-18(15(3)4)21(17)24-19-10-20(26-25-19)31(29,30)28-12-22(13-28)6-7-27(5)11-22/h8-9,14-15H,6-7,10-13H2,1-5H3,(H,24,25). The van der Waals surface area contributed by atoms with Crippen LogP contribution in [0, 0.1) is 11.2 Å². The van der Waals surface area contributed by atoms with Crippen molar-refractivity contribution in [2.75, 3.05) is 33.2 Å². The Morgan fingerprint density at radius 2 is 1.74 bits per heavy atom. The monoisotopic (exact) mass is 449 g/mol. The van der Waals surface area contributed by atoms with Gasteiger partial charge in [-0.2, -0.15) is 9.41 Å². The second kappa shape index (κ2) is 7.94. The Morgan fingerprint density at radius 3 is 2.26 bits per heavy atom. The van der Waals surface area contributed by atoms with Gasteiger partial charge < -0.3 is 4.90 Å². The van der Waals surface area contributed by atoms with E-state index in [0.29, 0.717) is 24.6 Å². The minimum Gasteiger partial charge on any atom is -0.306 e. The van der Waals surface area contributed by atoms with Crippen LogP contribution in [0.25, 0.3) is 0 Å². The van der Waals surface area contributed by atoms with E-state index in [-0.39, 0.29) is 34.5 Å². The summed E-state index contributed by atoms with van der Waals surface area (Å²) in [6.45, 7) is 11.1. The lowest BCUT2D eigenvalue weighted by Crippen LogP contribution is -2.60. The van der Waals surface area contributed by atoms with E-state index in [4.69, 9.17) is 4.99 Å². The topological polar surface area (TPSA) is 77.4 Å². The van der Waals surface area contributed by atoms with Gasteiger partial charge in [0.1, 0.15) is 11.7 Å². The van der Waals surface area contributed by atoms with Gasteiger partial charge in [-0.3, -0.25) is 5.43 Å². The van der Waals surface area contributed by atoms with Gasteiger partial charge in [-0.25, -0.2) is 17.8 Å². The van der Waals surface area contributed by atoms with Crippen LogP contribution in [-0.4, -0.2) is 61.7 Å². The van der Waals surface area contributed by atoms with E-state index in [9.17, 15) is 12.8 Å². The molecule has 0 amide bonds. The molecule has 0 bridgehead atoms. The molecule has 4 rings (SSSR count). The quantitative estimate of drug-likeness (QED) is 0.765. The molecule has 0 unspecified atom stereocenters. The Morgan fingerprint density at radius 1 is 1.13 bits per heavy atom. The molecule has 0 atom stereocenters. The van der Waals surface area contributed by atoms with E-state index in [0.717, 1.165) is 30.6 Å². The summed E-state index contributed by atoms with van der Waals surface area (Å²) in [7, 11) is -1.53. The first-order valence-corrected chi connectivity index (χ1v) is 12.4. The zero-order valence-corrected chi connectivity index (χ0v) is 19.8. The number of halogens is 1. The molecule has 0 saturated carbocycles.